The number of nitrogens with zero attached hydrogens (tertiary/aromatic N) is 1. The highest BCUT2D eigenvalue weighted by Crippen LogP contribution is 2.17. The minimum atomic E-state index is -3.36. The van der Waals surface area contributed by atoms with Gasteiger partial charge in [-0.15, -0.1) is 0 Å². The van der Waals surface area contributed by atoms with Crippen molar-refractivity contribution in [3.63, 3.8) is 0 Å². The molecule has 0 heterocycles. The van der Waals surface area contributed by atoms with Crippen molar-refractivity contribution in [1.29, 1.82) is 0 Å². The summed E-state index contributed by atoms with van der Waals surface area (Å²) in [6, 6.07) is 7.83. The molecule has 0 atom stereocenters. The van der Waals surface area contributed by atoms with E-state index >= 15 is 0 Å². The Bertz CT molecular complexity index is 685. The molecule has 1 aliphatic carbocycles. The molecule has 1 aromatic carbocycles. The number of carbonyl (C=O) groups excluding carboxylic acids is 1. The summed E-state index contributed by atoms with van der Waals surface area (Å²) in [4.78, 5) is 12.2. The van der Waals surface area contributed by atoms with Crippen LogP contribution in [0.2, 0.25) is 0 Å². The second kappa shape index (κ2) is 9.92. The number of hydrogen-bond acceptors (Lipinski definition) is 4. The van der Waals surface area contributed by atoms with Crippen LogP contribution in [0.15, 0.2) is 24.3 Å². The van der Waals surface area contributed by atoms with Gasteiger partial charge in [0, 0.05) is 25.6 Å². The monoisotopic (exact) mass is 382 g/mol. The van der Waals surface area contributed by atoms with E-state index in [0.29, 0.717) is 13.0 Å². The highest BCUT2D eigenvalue weighted by molar-refractivity contribution is 7.88. The van der Waals surface area contributed by atoms with Crippen molar-refractivity contribution in [2.75, 3.05) is 26.5 Å². The fourth-order valence-corrected chi connectivity index (χ4v) is 4.14. The van der Waals surface area contributed by atoms with Gasteiger partial charge in [0.2, 0.25) is 15.9 Å². The van der Waals surface area contributed by atoms with Gasteiger partial charge in [-0.2, -0.15) is 0 Å². The van der Waals surface area contributed by atoms with Crippen LogP contribution in [0.5, 0.6) is 5.75 Å². The van der Waals surface area contributed by atoms with Crippen molar-refractivity contribution in [3.05, 3.63) is 29.8 Å². The zero-order valence-electron chi connectivity index (χ0n) is 15.7. The average Bonchev–Trinajstić information content (AvgIpc) is 2.61. The van der Waals surface area contributed by atoms with E-state index in [9.17, 15) is 13.2 Å². The lowest BCUT2D eigenvalue weighted by atomic mass is 9.95. The van der Waals surface area contributed by atoms with Crippen molar-refractivity contribution in [2.45, 2.75) is 51.0 Å². The zero-order chi connectivity index (χ0) is 19.0. The van der Waals surface area contributed by atoms with Crippen LogP contribution in [0.25, 0.3) is 0 Å². The molecule has 1 aliphatic rings. The Morgan fingerprint density at radius 2 is 1.96 bits per heavy atom. The highest BCUT2D eigenvalue weighted by Gasteiger charge is 2.20. The Hall–Kier alpha value is -1.60. The number of amides is 1. The molecule has 2 rings (SSSR count). The maximum absolute atomic E-state index is 12.2. The van der Waals surface area contributed by atoms with Gasteiger partial charge in [0.25, 0.3) is 0 Å². The Morgan fingerprint density at radius 1 is 1.23 bits per heavy atom. The average molecular weight is 383 g/mol. The molecule has 6 nitrogen and oxygen atoms in total. The number of hydrogen-bond donors (Lipinski definition) is 1. The highest BCUT2D eigenvalue weighted by atomic mass is 32.2. The molecule has 1 amide bonds. The SMILES string of the molecule is COc1cccc(CCN(CCC(=O)NC2CCCCC2)S(C)(=O)=O)c1. The molecule has 0 aliphatic heterocycles. The summed E-state index contributed by atoms with van der Waals surface area (Å²) in [5.41, 5.74) is 1.00. The standard InChI is InChI=1S/C19H30N2O4S/c1-25-18-10-6-7-16(15-18)11-13-21(26(2,23)24)14-12-19(22)20-17-8-4-3-5-9-17/h6-7,10,15,17H,3-5,8-9,11-14H2,1-2H3,(H,20,22). The summed E-state index contributed by atoms with van der Waals surface area (Å²) in [5, 5.41) is 3.04. The number of carbonyl (C=O) groups is 1. The lowest BCUT2D eigenvalue weighted by Gasteiger charge is -2.24. The number of rotatable bonds is 9. The van der Waals surface area contributed by atoms with Crippen LogP contribution >= 0.6 is 0 Å². The molecule has 0 unspecified atom stereocenters. The smallest absolute Gasteiger partial charge is 0.221 e. The molecule has 1 fully saturated rings. The van der Waals surface area contributed by atoms with Crippen LogP contribution in [-0.2, 0) is 21.2 Å². The van der Waals surface area contributed by atoms with Crippen molar-refractivity contribution in [2.24, 2.45) is 0 Å². The summed E-state index contributed by atoms with van der Waals surface area (Å²) < 4.78 is 30.7. The zero-order valence-corrected chi connectivity index (χ0v) is 16.6. The lowest BCUT2D eigenvalue weighted by molar-refractivity contribution is -0.122. The molecule has 0 bridgehead atoms. The summed E-state index contributed by atoms with van der Waals surface area (Å²) in [6.45, 7) is 0.560. The number of methoxy groups -OCH3 is 1. The second-order valence-electron chi connectivity index (χ2n) is 6.92. The molecule has 1 N–H and O–H groups in total. The van der Waals surface area contributed by atoms with E-state index in [0.717, 1.165) is 37.0 Å². The summed E-state index contributed by atoms with van der Waals surface area (Å²) in [7, 11) is -1.75. The molecule has 1 saturated carbocycles. The number of sulfonamides is 1. The molecule has 1 aromatic rings. The van der Waals surface area contributed by atoms with Gasteiger partial charge in [-0.1, -0.05) is 31.4 Å². The third-order valence-corrected chi connectivity index (χ3v) is 6.11. The predicted octanol–water partition coefficient (Wildman–Crippen LogP) is 2.34. The van der Waals surface area contributed by atoms with E-state index in [1.165, 1.54) is 17.0 Å². The van der Waals surface area contributed by atoms with Crippen LogP contribution in [0.3, 0.4) is 0 Å². The van der Waals surface area contributed by atoms with Gasteiger partial charge in [0.15, 0.2) is 0 Å². The minimum absolute atomic E-state index is 0.0630. The summed E-state index contributed by atoms with van der Waals surface area (Å²) in [6.07, 6.45) is 7.56. The van der Waals surface area contributed by atoms with Crippen LogP contribution in [0.1, 0.15) is 44.1 Å². The van der Waals surface area contributed by atoms with Gasteiger partial charge in [-0.3, -0.25) is 4.79 Å². The van der Waals surface area contributed by atoms with Crippen LogP contribution < -0.4 is 10.1 Å². The largest absolute Gasteiger partial charge is 0.497 e. The van der Waals surface area contributed by atoms with Crippen molar-refractivity contribution in [1.82, 2.24) is 9.62 Å². The lowest BCUT2D eigenvalue weighted by Crippen LogP contribution is -2.39. The van der Waals surface area contributed by atoms with E-state index in [-0.39, 0.29) is 24.9 Å². The fourth-order valence-electron chi connectivity index (χ4n) is 3.30. The molecule has 7 heteroatoms. The Kier molecular flexibility index (Phi) is 7.90. The van der Waals surface area contributed by atoms with Crippen molar-refractivity contribution >= 4 is 15.9 Å². The van der Waals surface area contributed by atoms with Crippen LogP contribution in [0.4, 0.5) is 0 Å². The molecule has 26 heavy (non-hydrogen) atoms. The van der Waals surface area contributed by atoms with Crippen molar-refractivity contribution in [3.8, 4) is 5.75 Å². The van der Waals surface area contributed by atoms with Crippen molar-refractivity contribution < 1.29 is 17.9 Å². The van der Waals surface area contributed by atoms with Gasteiger partial charge in [0.1, 0.15) is 5.75 Å². The van der Waals surface area contributed by atoms with Crippen LogP contribution in [0, 0.1) is 0 Å². The van der Waals surface area contributed by atoms with Crippen LogP contribution in [-0.4, -0.2) is 51.1 Å². The number of benzene rings is 1. The van der Waals surface area contributed by atoms with Gasteiger partial charge in [-0.25, -0.2) is 12.7 Å². The van der Waals surface area contributed by atoms with Gasteiger partial charge >= 0.3 is 0 Å². The second-order valence-corrected chi connectivity index (χ2v) is 8.90. The maximum atomic E-state index is 12.2. The third kappa shape index (κ3) is 6.96. The topological polar surface area (TPSA) is 75.7 Å². The third-order valence-electron chi connectivity index (χ3n) is 4.81. The molecule has 146 valence electrons. The van der Waals surface area contributed by atoms with Gasteiger partial charge in [0.05, 0.1) is 13.4 Å². The fraction of sp³-hybridized carbons (Fsp3) is 0.632. The molecule has 0 spiro atoms. The quantitative estimate of drug-likeness (QED) is 0.711. The van der Waals surface area contributed by atoms with E-state index in [2.05, 4.69) is 5.32 Å². The normalized spacial score (nSPS) is 15.8. The van der Waals surface area contributed by atoms with E-state index in [1.54, 1.807) is 7.11 Å². The number of ether oxygens (including phenoxy) is 1. The van der Waals surface area contributed by atoms with E-state index < -0.39 is 10.0 Å². The first-order chi connectivity index (χ1) is 12.4. The first-order valence-corrected chi connectivity index (χ1v) is 11.1. The number of nitrogens with one attached hydrogen (secondary N) is 1. The molecular weight excluding hydrogens is 352 g/mol. The summed E-state index contributed by atoms with van der Waals surface area (Å²) in [5.74, 6) is 0.687. The van der Waals surface area contributed by atoms with Gasteiger partial charge < -0.3 is 10.1 Å². The maximum Gasteiger partial charge on any atom is 0.221 e. The first-order valence-electron chi connectivity index (χ1n) is 9.26. The van der Waals surface area contributed by atoms with E-state index in [4.69, 9.17) is 4.74 Å². The molecule has 0 aromatic heterocycles. The molecule has 0 radical (unpaired) electrons. The predicted molar refractivity (Wildman–Crippen MR) is 103 cm³/mol. The summed E-state index contributed by atoms with van der Waals surface area (Å²) >= 11 is 0. The first kappa shape index (κ1) is 20.7. The van der Waals surface area contributed by atoms with E-state index in [1.807, 2.05) is 24.3 Å². The Balaban J connectivity index is 1.85. The van der Waals surface area contributed by atoms with Gasteiger partial charge in [-0.05, 0) is 37.0 Å². The molecular formula is C19H30N2O4S. The molecule has 0 saturated heterocycles. The Morgan fingerprint density at radius 3 is 2.62 bits per heavy atom. The Labute approximate surface area is 157 Å². The minimum Gasteiger partial charge on any atom is -0.497 e.